The number of ether oxygens (including phenoxy) is 1. The highest BCUT2D eigenvalue weighted by molar-refractivity contribution is 5.89. The van der Waals surface area contributed by atoms with Crippen molar-refractivity contribution in [2.45, 2.75) is 20.8 Å². The summed E-state index contributed by atoms with van der Waals surface area (Å²) in [5.74, 6) is 0.865. The highest BCUT2D eigenvalue weighted by Gasteiger charge is 2.05. The van der Waals surface area contributed by atoms with E-state index in [0.29, 0.717) is 13.2 Å². The van der Waals surface area contributed by atoms with Crippen LogP contribution in [0.5, 0.6) is 5.75 Å². The standard InChI is InChI=1S/C20H27N3O2/c1-14-12-16(3)19(13-15(14)2)25-11-10-21-20(24)22-17-6-8-18(9-7-17)23(4)5/h6-9,12-13H,10-11H2,1-5H3,(H2,21,22,24). The number of rotatable bonds is 6. The molecule has 0 bridgehead atoms. The van der Waals surface area contributed by atoms with Crippen molar-refractivity contribution in [2.24, 2.45) is 0 Å². The summed E-state index contributed by atoms with van der Waals surface area (Å²) in [6, 6.07) is 11.6. The molecule has 0 aromatic heterocycles. The Morgan fingerprint density at radius 1 is 1.00 bits per heavy atom. The fourth-order valence-electron chi connectivity index (χ4n) is 2.43. The first kappa shape index (κ1) is 18.6. The molecule has 0 fully saturated rings. The summed E-state index contributed by atoms with van der Waals surface area (Å²) in [5, 5.41) is 5.61. The van der Waals surface area contributed by atoms with E-state index in [4.69, 9.17) is 4.74 Å². The molecule has 0 radical (unpaired) electrons. The van der Waals surface area contributed by atoms with Gasteiger partial charge in [0, 0.05) is 25.5 Å². The van der Waals surface area contributed by atoms with Gasteiger partial charge in [-0.3, -0.25) is 0 Å². The summed E-state index contributed by atoms with van der Waals surface area (Å²) in [6.45, 7) is 7.04. The Labute approximate surface area is 150 Å². The van der Waals surface area contributed by atoms with E-state index in [1.54, 1.807) is 0 Å². The van der Waals surface area contributed by atoms with Crippen LogP contribution in [0.1, 0.15) is 16.7 Å². The van der Waals surface area contributed by atoms with Gasteiger partial charge >= 0.3 is 6.03 Å². The molecule has 134 valence electrons. The van der Waals surface area contributed by atoms with Crippen LogP contribution in [-0.2, 0) is 0 Å². The Morgan fingerprint density at radius 2 is 1.64 bits per heavy atom. The Kier molecular flexibility index (Phi) is 6.28. The number of amides is 2. The molecular weight excluding hydrogens is 314 g/mol. The number of benzene rings is 2. The molecule has 2 aromatic carbocycles. The quantitative estimate of drug-likeness (QED) is 0.784. The summed E-state index contributed by atoms with van der Waals surface area (Å²) in [7, 11) is 3.96. The van der Waals surface area contributed by atoms with Crippen molar-refractivity contribution in [1.82, 2.24) is 5.32 Å². The lowest BCUT2D eigenvalue weighted by Gasteiger charge is -2.14. The summed E-state index contributed by atoms with van der Waals surface area (Å²) >= 11 is 0. The van der Waals surface area contributed by atoms with Crippen LogP contribution in [0.25, 0.3) is 0 Å². The van der Waals surface area contributed by atoms with Crippen molar-refractivity contribution in [3.05, 3.63) is 53.1 Å². The van der Waals surface area contributed by atoms with Gasteiger partial charge in [0.2, 0.25) is 0 Å². The lowest BCUT2D eigenvalue weighted by Crippen LogP contribution is -2.32. The molecule has 0 aliphatic heterocycles. The molecule has 5 heteroatoms. The van der Waals surface area contributed by atoms with Gasteiger partial charge < -0.3 is 20.3 Å². The number of nitrogens with zero attached hydrogens (tertiary/aromatic N) is 1. The molecule has 2 rings (SSSR count). The third-order valence-electron chi connectivity index (χ3n) is 4.08. The number of carbonyl (C=O) groups excluding carboxylic acids is 1. The van der Waals surface area contributed by atoms with Crippen LogP contribution in [0.2, 0.25) is 0 Å². The zero-order chi connectivity index (χ0) is 18.4. The van der Waals surface area contributed by atoms with E-state index < -0.39 is 0 Å². The first-order valence-electron chi connectivity index (χ1n) is 8.39. The molecular formula is C20H27N3O2. The number of carbonyl (C=O) groups is 1. The summed E-state index contributed by atoms with van der Waals surface area (Å²) < 4.78 is 5.77. The Hall–Kier alpha value is -2.69. The van der Waals surface area contributed by atoms with E-state index in [9.17, 15) is 4.79 Å². The first-order valence-corrected chi connectivity index (χ1v) is 8.39. The van der Waals surface area contributed by atoms with Gasteiger partial charge in [-0.1, -0.05) is 6.07 Å². The van der Waals surface area contributed by atoms with Crippen LogP contribution >= 0.6 is 0 Å². The van der Waals surface area contributed by atoms with Gasteiger partial charge in [-0.15, -0.1) is 0 Å². The van der Waals surface area contributed by atoms with E-state index in [1.165, 1.54) is 11.1 Å². The van der Waals surface area contributed by atoms with Crippen LogP contribution in [0.15, 0.2) is 36.4 Å². The fourth-order valence-corrected chi connectivity index (χ4v) is 2.43. The average molecular weight is 341 g/mol. The zero-order valence-electron chi connectivity index (χ0n) is 15.6. The lowest BCUT2D eigenvalue weighted by atomic mass is 10.1. The van der Waals surface area contributed by atoms with Crippen LogP contribution in [0, 0.1) is 20.8 Å². The van der Waals surface area contributed by atoms with Gasteiger partial charge in [0.25, 0.3) is 0 Å². The van der Waals surface area contributed by atoms with Crippen molar-refractivity contribution in [2.75, 3.05) is 37.5 Å². The van der Waals surface area contributed by atoms with Gasteiger partial charge in [-0.25, -0.2) is 4.79 Å². The van der Waals surface area contributed by atoms with Gasteiger partial charge in [-0.05, 0) is 67.8 Å². The first-order chi connectivity index (χ1) is 11.9. The fraction of sp³-hybridized carbons (Fsp3) is 0.350. The maximum atomic E-state index is 11.9. The predicted octanol–water partition coefficient (Wildman–Crippen LogP) is 3.88. The minimum atomic E-state index is -0.238. The second kappa shape index (κ2) is 8.42. The molecule has 25 heavy (non-hydrogen) atoms. The van der Waals surface area contributed by atoms with Crippen molar-refractivity contribution >= 4 is 17.4 Å². The lowest BCUT2D eigenvalue weighted by molar-refractivity contribution is 0.247. The number of hydrogen-bond acceptors (Lipinski definition) is 3. The largest absolute Gasteiger partial charge is 0.491 e. The van der Waals surface area contributed by atoms with E-state index in [0.717, 1.165) is 22.7 Å². The molecule has 5 nitrogen and oxygen atoms in total. The molecule has 0 atom stereocenters. The molecule has 0 aliphatic carbocycles. The zero-order valence-corrected chi connectivity index (χ0v) is 15.6. The summed E-state index contributed by atoms with van der Waals surface area (Å²) in [4.78, 5) is 13.9. The monoisotopic (exact) mass is 341 g/mol. The van der Waals surface area contributed by atoms with Gasteiger partial charge in [-0.2, -0.15) is 0 Å². The molecule has 2 amide bonds. The van der Waals surface area contributed by atoms with Gasteiger partial charge in [0.1, 0.15) is 12.4 Å². The topological polar surface area (TPSA) is 53.6 Å². The molecule has 0 saturated carbocycles. The Balaban J connectivity index is 1.76. The number of anilines is 2. The van der Waals surface area contributed by atoms with Crippen molar-refractivity contribution < 1.29 is 9.53 Å². The SMILES string of the molecule is Cc1cc(C)c(OCCNC(=O)Nc2ccc(N(C)C)cc2)cc1C. The summed E-state index contributed by atoms with van der Waals surface area (Å²) in [6.07, 6.45) is 0. The minimum Gasteiger partial charge on any atom is -0.491 e. The second-order valence-corrected chi connectivity index (χ2v) is 6.37. The highest BCUT2D eigenvalue weighted by Crippen LogP contribution is 2.22. The third-order valence-corrected chi connectivity index (χ3v) is 4.08. The maximum absolute atomic E-state index is 11.9. The number of hydrogen-bond donors (Lipinski definition) is 2. The van der Waals surface area contributed by atoms with Crippen LogP contribution < -0.4 is 20.3 Å². The van der Waals surface area contributed by atoms with Crippen molar-refractivity contribution in [1.29, 1.82) is 0 Å². The normalized spacial score (nSPS) is 10.3. The van der Waals surface area contributed by atoms with E-state index in [-0.39, 0.29) is 6.03 Å². The number of nitrogens with one attached hydrogen (secondary N) is 2. The van der Waals surface area contributed by atoms with E-state index >= 15 is 0 Å². The van der Waals surface area contributed by atoms with Crippen LogP contribution in [0.3, 0.4) is 0 Å². The second-order valence-electron chi connectivity index (χ2n) is 6.37. The smallest absolute Gasteiger partial charge is 0.319 e. The van der Waals surface area contributed by atoms with E-state index in [1.807, 2.05) is 56.3 Å². The Bertz CT molecular complexity index is 724. The molecule has 0 aliphatic rings. The minimum absolute atomic E-state index is 0.238. The van der Waals surface area contributed by atoms with Gasteiger partial charge in [0.15, 0.2) is 0 Å². The van der Waals surface area contributed by atoms with Crippen LogP contribution in [-0.4, -0.2) is 33.3 Å². The molecule has 0 heterocycles. The molecule has 2 N–H and O–H groups in total. The molecule has 0 unspecified atom stereocenters. The summed E-state index contributed by atoms with van der Waals surface area (Å²) in [5.41, 5.74) is 5.40. The maximum Gasteiger partial charge on any atom is 0.319 e. The highest BCUT2D eigenvalue weighted by atomic mass is 16.5. The molecule has 2 aromatic rings. The Morgan fingerprint density at radius 3 is 2.28 bits per heavy atom. The van der Waals surface area contributed by atoms with Crippen LogP contribution in [0.4, 0.5) is 16.2 Å². The molecule has 0 saturated heterocycles. The van der Waals surface area contributed by atoms with Gasteiger partial charge in [0.05, 0.1) is 6.54 Å². The molecule has 0 spiro atoms. The number of urea groups is 1. The number of aryl methyl sites for hydroxylation is 3. The average Bonchev–Trinajstić information content (AvgIpc) is 2.56. The van der Waals surface area contributed by atoms with Crippen molar-refractivity contribution in [3.63, 3.8) is 0 Å². The van der Waals surface area contributed by atoms with Crippen molar-refractivity contribution in [3.8, 4) is 5.75 Å². The van der Waals surface area contributed by atoms with E-state index in [2.05, 4.69) is 30.5 Å². The predicted molar refractivity (Wildman–Crippen MR) is 104 cm³/mol. The third kappa shape index (κ3) is 5.41.